The summed E-state index contributed by atoms with van der Waals surface area (Å²) in [6.07, 6.45) is -7.36. The maximum Gasteiger partial charge on any atom is 0.329 e. The molecule has 0 radical (unpaired) electrons. The Kier molecular flexibility index (Phi) is 7.14. The van der Waals surface area contributed by atoms with Gasteiger partial charge in [0.2, 0.25) is 0 Å². The van der Waals surface area contributed by atoms with Crippen molar-refractivity contribution in [3.63, 3.8) is 0 Å². The van der Waals surface area contributed by atoms with Crippen molar-refractivity contribution in [1.82, 2.24) is 9.13 Å². The quantitative estimate of drug-likeness (QED) is 0.456. The van der Waals surface area contributed by atoms with E-state index >= 15 is 0 Å². The standard InChI is InChI=1S/C27H38N2O11/c1-26(2)37-21-19(33-5)17(35-23(21)39-26)15(30)11-28-13-9-7-8-10-14(13)29(25(28)32)12-16(31)18-20(34-6)22-24(36-18)40-27(3,4)38-22/h7-10,15-24,30-31H,11-12H2,1-6H3/t15-,16+,17-,18-,19+,20+,21+,22-,23+,24-/m0/s1. The van der Waals surface area contributed by atoms with Gasteiger partial charge in [0.05, 0.1) is 24.1 Å². The van der Waals surface area contributed by atoms with Crippen molar-refractivity contribution in [2.45, 2.75) is 114 Å². The zero-order valence-electron chi connectivity index (χ0n) is 23.5. The Morgan fingerprint density at radius 3 is 1.55 bits per heavy atom. The van der Waals surface area contributed by atoms with E-state index in [2.05, 4.69) is 0 Å². The number of fused-ring (bicyclic) bond motifs is 3. The summed E-state index contributed by atoms with van der Waals surface area (Å²) in [5.41, 5.74) is 0.793. The average Bonchev–Trinajstić information content (AvgIpc) is 3.63. The van der Waals surface area contributed by atoms with Crippen LogP contribution >= 0.6 is 0 Å². The Labute approximate surface area is 231 Å². The minimum Gasteiger partial charge on any atom is -0.388 e. The van der Waals surface area contributed by atoms with Gasteiger partial charge < -0.3 is 48.1 Å². The van der Waals surface area contributed by atoms with E-state index in [0.717, 1.165) is 0 Å². The van der Waals surface area contributed by atoms with E-state index in [1.54, 1.807) is 39.8 Å². The largest absolute Gasteiger partial charge is 0.388 e. The van der Waals surface area contributed by atoms with Crippen LogP contribution in [0.3, 0.4) is 0 Å². The molecule has 13 heteroatoms. The molecule has 0 unspecified atom stereocenters. The lowest BCUT2D eigenvalue weighted by molar-refractivity contribution is -0.228. The zero-order chi connectivity index (χ0) is 28.6. The summed E-state index contributed by atoms with van der Waals surface area (Å²) in [5, 5.41) is 22.5. The molecule has 0 bridgehead atoms. The fourth-order valence-electron chi connectivity index (χ4n) is 6.37. The number of methoxy groups -OCH3 is 2. The molecule has 40 heavy (non-hydrogen) atoms. The molecule has 222 valence electrons. The predicted octanol–water partition coefficient (Wildman–Crippen LogP) is 0.308. The first-order valence-corrected chi connectivity index (χ1v) is 13.5. The van der Waals surface area contributed by atoms with Crippen molar-refractivity contribution in [3.8, 4) is 0 Å². The van der Waals surface area contributed by atoms with Crippen LogP contribution in [0.5, 0.6) is 0 Å². The molecule has 5 heterocycles. The van der Waals surface area contributed by atoms with E-state index < -0.39 is 78.7 Å². The Hall–Kier alpha value is -1.91. The Bertz CT molecular complexity index is 1200. The fourth-order valence-corrected chi connectivity index (χ4v) is 6.37. The summed E-state index contributed by atoms with van der Waals surface area (Å²) in [6.45, 7) is 7.00. The van der Waals surface area contributed by atoms with Crippen LogP contribution in [0.2, 0.25) is 0 Å². The summed E-state index contributed by atoms with van der Waals surface area (Å²) in [5.74, 6) is -1.66. The molecule has 4 aliphatic heterocycles. The minimum atomic E-state index is -1.11. The molecule has 1 aromatic heterocycles. The van der Waals surface area contributed by atoms with Crippen LogP contribution in [0, 0.1) is 0 Å². The average molecular weight is 567 g/mol. The number of aromatic nitrogens is 2. The van der Waals surface area contributed by atoms with Crippen molar-refractivity contribution in [2.75, 3.05) is 14.2 Å². The second-order valence-electron chi connectivity index (χ2n) is 11.7. The minimum absolute atomic E-state index is 0.0721. The Balaban J connectivity index is 1.22. The van der Waals surface area contributed by atoms with E-state index in [9.17, 15) is 15.0 Å². The van der Waals surface area contributed by atoms with Crippen LogP contribution in [-0.2, 0) is 51.0 Å². The molecule has 4 aliphatic rings. The highest BCUT2D eigenvalue weighted by Gasteiger charge is 2.58. The SMILES string of the molecule is CO[C@@H]1[C@H]([C@@H](O)Cn2c(=O)n(C[C@@H](O)[C@@H]3O[C@H]4OC(C)(C)O[C@H]4[C@@H]3OC)c3ccccc32)O[C@@H]2OC(C)(C)O[C@@H]21. The van der Waals surface area contributed by atoms with Gasteiger partial charge in [0.25, 0.3) is 0 Å². The molecule has 4 saturated heterocycles. The molecule has 4 fully saturated rings. The van der Waals surface area contributed by atoms with Crippen molar-refractivity contribution in [1.29, 1.82) is 0 Å². The number of benzene rings is 1. The molecular weight excluding hydrogens is 528 g/mol. The molecule has 2 N–H and O–H groups in total. The van der Waals surface area contributed by atoms with Gasteiger partial charge in [-0.1, -0.05) is 12.1 Å². The fraction of sp³-hybridized carbons (Fsp3) is 0.741. The van der Waals surface area contributed by atoms with Gasteiger partial charge >= 0.3 is 5.69 Å². The number of rotatable bonds is 8. The molecule has 13 nitrogen and oxygen atoms in total. The smallest absolute Gasteiger partial charge is 0.329 e. The second-order valence-corrected chi connectivity index (χ2v) is 11.7. The van der Waals surface area contributed by atoms with Gasteiger partial charge in [0.1, 0.15) is 48.8 Å². The predicted molar refractivity (Wildman–Crippen MR) is 137 cm³/mol. The summed E-state index contributed by atoms with van der Waals surface area (Å²) >= 11 is 0. The molecule has 0 saturated carbocycles. The van der Waals surface area contributed by atoms with E-state index in [1.165, 1.54) is 23.4 Å². The number of nitrogens with zero attached hydrogens (tertiary/aromatic N) is 2. The van der Waals surface area contributed by atoms with Gasteiger partial charge in [-0.25, -0.2) is 4.79 Å². The third kappa shape index (κ3) is 4.71. The van der Waals surface area contributed by atoms with E-state index in [-0.39, 0.29) is 13.1 Å². The number of aliphatic hydroxyl groups is 2. The van der Waals surface area contributed by atoms with Crippen LogP contribution < -0.4 is 5.69 Å². The number of ether oxygens (including phenoxy) is 8. The normalized spacial score (nSPS) is 37.6. The molecule has 0 aliphatic carbocycles. The van der Waals surface area contributed by atoms with Crippen LogP contribution in [0.4, 0.5) is 0 Å². The lowest BCUT2D eigenvalue weighted by Crippen LogP contribution is -2.46. The third-order valence-electron chi connectivity index (χ3n) is 8.02. The number of imidazole rings is 1. The number of aliphatic hydroxyl groups excluding tert-OH is 2. The van der Waals surface area contributed by atoms with Crippen LogP contribution in [0.25, 0.3) is 11.0 Å². The van der Waals surface area contributed by atoms with Crippen LogP contribution in [0.1, 0.15) is 27.7 Å². The van der Waals surface area contributed by atoms with Gasteiger partial charge in [0.15, 0.2) is 24.2 Å². The van der Waals surface area contributed by atoms with Gasteiger partial charge in [-0.05, 0) is 39.8 Å². The Morgan fingerprint density at radius 1 is 0.775 bits per heavy atom. The number of hydrogen-bond acceptors (Lipinski definition) is 11. The monoisotopic (exact) mass is 566 g/mol. The molecule has 10 atom stereocenters. The molecular formula is C27H38N2O11. The summed E-state index contributed by atoms with van der Waals surface area (Å²) in [7, 11) is 3.04. The first-order valence-electron chi connectivity index (χ1n) is 13.5. The van der Waals surface area contributed by atoms with Gasteiger partial charge in [-0.15, -0.1) is 0 Å². The van der Waals surface area contributed by atoms with Gasteiger partial charge in [-0.3, -0.25) is 9.13 Å². The first kappa shape index (κ1) is 28.2. The van der Waals surface area contributed by atoms with E-state index in [0.29, 0.717) is 11.0 Å². The number of hydrogen-bond donors (Lipinski definition) is 2. The molecule has 2 aromatic rings. The Morgan fingerprint density at radius 2 is 1.18 bits per heavy atom. The van der Waals surface area contributed by atoms with Crippen molar-refractivity contribution >= 4 is 11.0 Å². The van der Waals surface area contributed by atoms with Crippen molar-refractivity contribution in [2.24, 2.45) is 0 Å². The highest BCUT2D eigenvalue weighted by atomic mass is 16.9. The van der Waals surface area contributed by atoms with E-state index in [1.807, 2.05) is 12.1 Å². The summed E-state index contributed by atoms with van der Waals surface area (Å²) in [4.78, 5) is 13.7. The lowest BCUT2D eigenvalue weighted by atomic mass is 10.1. The topological polar surface area (TPSA) is 141 Å². The van der Waals surface area contributed by atoms with E-state index in [4.69, 9.17) is 37.9 Å². The van der Waals surface area contributed by atoms with Crippen molar-refractivity contribution in [3.05, 3.63) is 34.7 Å². The van der Waals surface area contributed by atoms with Crippen LogP contribution in [-0.4, -0.2) is 107 Å². The number of para-hydroxylation sites is 2. The summed E-state index contributed by atoms with van der Waals surface area (Å²) < 4.78 is 49.6. The van der Waals surface area contributed by atoms with Gasteiger partial charge in [-0.2, -0.15) is 0 Å². The second kappa shape index (κ2) is 10.1. The highest BCUT2D eigenvalue weighted by Crippen LogP contribution is 2.41. The molecule has 0 spiro atoms. The molecule has 1 aromatic carbocycles. The highest BCUT2D eigenvalue weighted by molar-refractivity contribution is 5.76. The maximum atomic E-state index is 13.7. The molecule has 6 rings (SSSR count). The maximum absolute atomic E-state index is 13.7. The lowest BCUT2D eigenvalue weighted by Gasteiger charge is -2.28. The van der Waals surface area contributed by atoms with Crippen molar-refractivity contribution < 1.29 is 48.1 Å². The van der Waals surface area contributed by atoms with Gasteiger partial charge in [0, 0.05) is 14.2 Å². The summed E-state index contributed by atoms with van der Waals surface area (Å²) in [6, 6.07) is 7.19. The first-order chi connectivity index (χ1) is 18.9. The molecule has 0 amide bonds. The van der Waals surface area contributed by atoms with Crippen LogP contribution in [0.15, 0.2) is 29.1 Å². The third-order valence-corrected chi connectivity index (χ3v) is 8.02. The zero-order valence-corrected chi connectivity index (χ0v) is 23.5.